The summed E-state index contributed by atoms with van der Waals surface area (Å²) in [6, 6.07) is 8.53. The summed E-state index contributed by atoms with van der Waals surface area (Å²) < 4.78 is 0. The van der Waals surface area contributed by atoms with Crippen molar-refractivity contribution in [3.05, 3.63) is 35.4 Å². The highest BCUT2D eigenvalue weighted by molar-refractivity contribution is 5.75. The van der Waals surface area contributed by atoms with Crippen molar-refractivity contribution in [3.8, 4) is 0 Å². The van der Waals surface area contributed by atoms with E-state index in [0.717, 1.165) is 19.5 Å². The summed E-state index contributed by atoms with van der Waals surface area (Å²) in [5.41, 5.74) is 2.65. The van der Waals surface area contributed by atoms with E-state index in [0.29, 0.717) is 6.42 Å². The summed E-state index contributed by atoms with van der Waals surface area (Å²) >= 11 is 0. The van der Waals surface area contributed by atoms with E-state index in [-0.39, 0.29) is 5.78 Å². The maximum atomic E-state index is 10.7. The highest BCUT2D eigenvalue weighted by Crippen LogP contribution is 2.03. The van der Waals surface area contributed by atoms with Crippen molar-refractivity contribution >= 4 is 5.78 Å². The van der Waals surface area contributed by atoms with Crippen molar-refractivity contribution in [2.45, 2.75) is 26.7 Å². The van der Waals surface area contributed by atoms with Crippen LogP contribution in [0.4, 0.5) is 0 Å². The first-order valence-electron chi connectivity index (χ1n) is 5.44. The highest BCUT2D eigenvalue weighted by atomic mass is 16.1. The van der Waals surface area contributed by atoms with E-state index in [4.69, 9.17) is 0 Å². The van der Waals surface area contributed by atoms with E-state index in [1.807, 2.05) is 0 Å². The Balaban J connectivity index is 2.17. The Morgan fingerprint density at radius 2 is 2.13 bits per heavy atom. The van der Waals surface area contributed by atoms with Gasteiger partial charge in [0.2, 0.25) is 0 Å². The Kier molecular flexibility index (Phi) is 5.05. The number of aryl methyl sites for hydroxylation is 1. The Bertz CT molecular complexity index is 320. The Hall–Kier alpha value is -1.15. The molecule has 0 aliphatic rings. The maximum Gasteiger partial charge on any atom is 0.131 e. The molecular formula is C13H19NO. The predicted molar refractivity (Wildman–Crippen MR) is 63.1 cm³/mol. The van der Waals surface area contributed by atoms with Crippen molar-refractivity contribution in [2.75, 3.05) is 13.1 Å². The van der Waals surface area contributed by atoms with E-state index in [9.17, 15) is 4.79 Å². The van der Waals surface area contributed by atoms with E-state index in [2.05, 4.69) is 36.5 Å². The number of rotatable bonds is 6. The quantitative estimate of drug-likeness (QED) is 0.721. The van der Waals surface area contributed by atoms with Gasteiger partial charge in [-0.25, -0.2) is 0 Å². The third kappa shape index (κ3) is 5.33. The Morgan fingerprint density at radius 3 is 2.80 bits per heavy atom. The minimum atomic E-state index is 0.248. The van der Waals surface area contributed by atoms with E-state index in [1.54, 1.807) is 6.92 Å². The standard InChI is InChI=1S/C13H19NO/c1-11-4-3-5-13(10-11)7-9-14-8-6-12(2)15/h3-5,10,14H,6-9H2,1-2H3. The van der Waals surface area contributed by atoms with Crippen molar-refractivity contribution in [3.63, 3.8) is 0 Å². The van der Waals surface area contributed by atoms with Crippen LogP contribution in [0.25, 0.3) is 0 Å². The van der Waals surface area contributed by atoms with Crippen molar-refractivity contribution in [1.29, 1.82) is 0 Å². The molecule has 2 nitrogen and oxygen atoms in total. The van der Waals surface area contributed by atoms with E-state index < -0.39 is 0 Å². The lowest BCUT2D eigenvalue weighted by molar-refractivity contribution is -0.116. The summed E-state index contributed by atoms with van der Waals surface area (Å²) in [4.78, 5) is 10.7. The lowest BCUT2D eigenvalue weighted by Gasteiger charge is -2.04. The largest absolute Gasteiger partial charge is 0.316 e. The Morgan fingerprint density at radius 1 is 1.33 bits per heavy atom. The van der Waals surface area contributed by atoms with Crippen LogP contribution in [0.15, 0.2) is 24.3 Å². The molecule has 0 heterocycles. The van der Waals surface area contributed by atoms with Crippen LogP contribution in [-0.4, -0.2) is 18.9 Å². The van der Waals surface area contributed by atoms with Crippen LogP contribution in [0.2, 0.25) is 0 Å². The molecule has 0 bridgehead atoms. The number of carbonyl (C=O) groups is 1. The molecule has 2 heteroatoms. The summed E-state index contributed by atoms with van der Waals surface area (Å²) in [5, 5.41) is 3.26. The van der Waals surface area contributed by atoms with Crippen LogP contribution in [-0.2, 0) is 11.2 Å². The molecule has 0 aliphatic heterocycles. The molecule has 0 aromatic heterocycles. The predicted octanol–water partition coefficient (Wildman–Crippen LogP) is 2.11. The number of hydrogen-bond donors (Lipinski definition) is 1. The van der Waals surface area contributed by atoms with Gasteiger partial charge in [-0.15, -0.1) is 0 Å². The van der Waals surface area contributed by atoms with Gasteiger partial charge in [0.05, 0.1) is 0 Å². The smallest absolute Gasteiger partial charge is 0.131 e. The number of Topliss-reactive ketones (excluding diaryl/α,β-unsaturated/α-hetero) is 1. The molecule has 0 amide bonds. The first-order chi connectivity index (χ1) is 7.18. The molecule has 1 rings (SSSR count). The summed E-state index contributed by atoms with van der Waals surface area (Å²) in [7, 11) is 0. The van der Waals surface area contributed by atoms with Crippen LogP contribution >= 0.6 is 0 Å². The second-order valence-corrected chi connectivity index (χ2v) is 3.94. The van der Waals surface area contributed by atoms with Crippen molar-refractivity contribution < 1.29 is 4.79 Å². The lowest BCUT2D eigenvalue weighted by atomic mass is 10.1. The minimum absolute atomic E-state index is 0.248. The summed E-state index contributed by atoms with van der Waals surface area (Å²) in [6.07, 6.45) is 1.66. The first kappa shape index (κ1) is 11.9. The molecule has 0 atom stereocenters. The molecule has 15 heavy (non-hydrogen) atoms. The topological polar surface area (TPSA) is 29.1 Å². The molecule has 0 saturated carbocycles. The fourth-order valence-corrected chi connectivity index (χ4v) is 1.49. The Labute approximate surface area is 91.7 Å². The molecular weight excluding hydrogens is 186 g/mol. The third-order valence-electron chi connectivity index (χ3n) is 2.33. The van der Waals surface area contributed by atoms with Gasteiger partial charge in [-0.3, -0.25) is 4.79 Å². The molecule has 0 fully saturated rings. The van der Waals surface area contributed by atoms with Gasteiger partial charge in [0.1, 0.15) is 5.78 Å². The molecule has 1 N–H and O–H groups in total. The molecule has 0 aliphatic carbocycles. The number of nitrogens with one attached hydrogen (secondary N) is 1. The second kappa shape index (κ2) is 6.36. The fraction of sp³-hybridized carbons (Fsp3) is 0.462. The number of hydrogen-bond acceptors (Lipinski definition) is 2. The normalized spacial score (nSPS) is 10.3. The zero-order chi connectivity index (χ0) is 11.1. The molecule has 1 aromatic rings. The monoisotopic (exact) mass is 205 g/mol. The van der Waals surface area contributed by atoms with Gasteiger partial charge in [0.25, 0.3) is 0 Å². The van der Waals surface area contributed by atoms with Gasteiger partial charge in [0.15, 0.2) is 0 Å². The van der Waals surface area contributed by atoms with Gasteiger partial charge in [-0.05, 0) is 32.4 Å². The maximum absolute atomic E-state index is 10.7. The summed E-state index contributed by atoms with van der Waals surface area (Å²) in [6.45, 7) is 5.47. The van der Waals surface area contributed by atoms with Crippen LogP contribution in [0, 0.1) is 6.92 Å². The van der Waals surface area contributed by atoms with Gasteiger partial charge in [-0.2, -0.15) is 0 Å². The fourth-order valence-electron chi connectivity index (χ4n) is 1.49. The molecule has 0 spiro atoms. The summed E-state index contributed by atoms with van der Waals surface area (Å²) in [5.74, 6) is 0.248. The second-order valence-electron chi connectivity index (χ2n) is 3.94. The number of carbonyl (C=O) groups excluding carboxylic acids is 1. The highest BCUT2D eigenvalue weighted by Gasteiger charge is 1.94. The van der Waals surface area contributed by atoms with Crippen molar-refractivity contribution in [1.82, 2.24) is 5.32 Å². The van der Waals surface area contributed by atoms with Crippen LogP contribution in [0.5, 0.6) is 0 Å². The molecule has 0 saturated heterocycles. The third-order valence-corrected chi connectivity index (χ3v) is 2.33. The van der Waals surface area contributed by atoms with E-state index in [1.165, 1.54) is 11.1 Å². The zero-order valence-corrected chi connectivity index (χ0v) is 9.55. The minimum Gasteiger partial charge on any atom is -0.316 e. The lowest BCUT2D eigenvalue weighted by Crippen LogP contribution is -2.20. The van der Waals surface area contributed by atoms with Crippen LogP contribution in [0.3, 0.4) is 0 Å². The first-order valence-corrected chi connectivity index (χ1v) is 5.44. The number of ketones is 1. The van der Waals surface area contributed by atoms with E-state index >= 15 is 0 Å². The van der Waals surface area contributed by atoms with Gasteiger partial charge in [0, 0.05) is 13.0 Å². The number of benzene rings is 1. The SMILES string of the molecule is CC(=O)CCNCCc1cccc(C)c1. The van der Waals surface area contributed by atoms with Gasteiger partial charge < -0.3 is 5.32 Å². The van der Waals surface area contributed by atoms with Gasteiger partial charge in [-0.1, -0.05) is 29.8 Å². The average Bonchev–Trinajstić information content (AvgIpc) is 2.17. The molecule has 0 radical (unpaired) electrons. The molecule has 0 unspecified atom stereocenters. The zero-order valence-electron chi connectivity index (χ0n) is 9.55. The van der Waals surface area contributed by atoms with Crippen LogP contribution < -0.4 is 5.32 Å². The average molecular weight is 205 g/mol. The molecule has 82 valence electrons. The van der Waals surface area contributed by atoms with Crippen molar-refractivity contribution in [2.24, 2.45) is 0 Å². The van der Waals surface area contributed by atoms with Crippen LogP contribution in [0.1, 0.15) is 24.5 Å². The van der Waals surface area contributed by atoms with Gasteiger partial charge >= 0.3 is 0 Å². The molecule has 1 aromatic carbocycles.